The molecule has 0 radical (unpaired) electrons. The lowest BCUT2D eigenvalue weighted by Gasteiger charge is -2.20. The van der Waals surface area contributed by atoms with Crippen molar-refractivity contribution in [2.24, 2.45) is 17.8 Å². The number of methoxy groups -OCH3 is 1. The molecule has 0 aromatic rings. The molecule has 226 valence electrons. The number of unbranched alkanes of at least 4 members (excludes halogenated alkanes) is 19. The van der Waals surface area contributed by atoms with Crippen LogP contribution in [0.5, 0.6) is 0 Å². The van der Waals surface area contributed by atoms with Crippen molar-refractivity contribution in [3.63, 3.8) is 0 Å². The Morgan fingerprint density at radius 2 is 1.16 bits per heavy atom. The third-order valence-electron chi connectivity index (χ3n) is 9.14. The maximum atomic E-state index is 11.2. The molecule has 38 heavy (non-hydrogen) atoms. The summed E-state index contributed by atoms with van der Waals surface area (Å²) in [6.07, 6.45) is 35.9. The Balaban J connectivity index is 1.99. The van der Waals surface area contributed by atoms with Gasteiger partial charge in [-0.2, -0.15) is 0 Å². The Labute approximate surface area is 239 Å². The van der Waals surface area contributed by atoms with Crippen LogP contribution in [0, 0.1) is 17.8 Å². The van der Waals surface area contributed by atoms with E-state index in [1.807, 2.05) is 0 Å². The van der Waals surface area contributed by atoms with E-state index in [1.54, 1.807) is 0 Å². The van der Waals surface area contributed by atoms with Crippen LogP contribution >= 0.6 is 0 Å². The van der Waals surface area contributed by atoms with E-state index in [4.69, 9.17) is 4.74 Å². The Morgan fingerprint density at radius 1 is 0.684 bits per heavy atom. The van der Waals surface area contributed by atoms with Gasteiger partial charge in [0.2, 0.25) is 0 Å². The van der Waals surface area contributed by atoms with Crippen LogP contribution in [-0.4, -0.2) is 38.6 Å². The lowest BCUT2D eigenvalue weighted by atomic mass is 9.90. The number of nitrogens with zero attached hydrogens (tertiary/aromatic N) is 1. The van der Waals surface area contributed by atoms with Gasteiger partial charge in [0.25, 0.3) is 0 Å². The second-order valence-electron chi connectivity index (χ2n) is 13.0. The third-order valence-corrected chi connectivity index (χ3v) is 9.14. The van der Waals surface area contributed by atoms with Crippen molar-refractivity contribution in [3.8, 4) is 0 Å². The lowest BCUT2D eigenvalue weighted by molar-refractivity contribution is -0.140. The Bertz CT molecular complexity index is 520. The number of esters is 1. The molecule has 0 saturated heterocycles. The van der Waals surface area contributed by atoms with Crippen LogP contribution in [0.15, 0.2) is 0 Å². The smallest absolute Gasteiger partial charge is 0.305 e. The Morgan fingerprint density at radius 3 is 1.66 bits per heavy atom. The monoisotopic (exact) mass is 536 g/mol. The average Bonchev–Trinajstić information content (AvgIpc) is 3.68. The topological polar surface area (TPSA) is 29.5 Å². The average molecular weight is 536 g/mol. The van der Waals surface area contributed by atoms with Crippen LogP contribution in [-0.2, 0) is 9.53 Å². The van der Waals surface area contributed by atoms with E-state index in [1.165, 1.54) is 168 Å². The van der Waals surface area contributed by atoms with Crippen molar-refractivity contribution in [1.29, 1.82) is 0 Å². The maximum absolute atomic E-state index is 11.2. The highest BCUT2D eigenvalue weighted by Crippen LogP contribution is 2.50. The van der Waals surface area contributed by atoms with Crippen LogP contribution in [0.4, 0.5) is 0 Å². The molecular weight excluding hydrogens is 466 g/mol. The van der Waals surface area contributed by atoms with E-state index < -0.39 is 0 Å². The minimum absolute atomic E-state index is 0.0565. The summed E-state index contributed by atoms with van der Waals surface area (Å²) in [5.74, 6) is 2.94. The van der Waals surface area contributed by atoms with Crippen molar-refractivity contribution in [2.45, 2.75) is 174 Å². The summed E-state index contributed by atoms with van der Waals surface area (Å²) >= 11 is 0. The molecule has 0 aromatic carbocycles. The first kappa shape index (κ1) is 35.5. The van der Waals surface area contributed by atoms with Crippen molar-refractivity contribution in [3.05, 3.63) is 0 Å². The maximum Gasteiger partial charge on any atom is 0.305 e. The predicted octanol–water partition coefficient (Wildman–Crippen LogP) is 10.7. The fourth-order valence-corrected chi connectivity index (χ4v) is 6.44. The van der Waals surface area contributed by atoms with E-state index in [-0.39, 0.29) is 5.97 Å². The molecule has 0 spiro atoms. The zero-order chi connectivity index (χ0) is 27.7. The van der Waals surface area contributed by atoms with Gasteiger partial charge in [-0.15, -0.1) is 0 Å². The molecular formula is C35H69NO2. The van der Waals surface area contributed by atoms with Gasteiger partial charge in [-0.05, 0) is 57.7 Å². The second-order valence-corrected chi connectivity index (χ2v) is 13.0. The van der Waals surface area contributed by atoms with E-state index in [2.05, 4.69) is 25.9 Å². The standard InChI is InChI=1S/C35H69NO2/c1-5-6-7-8-9-10-11-12-13-14-15-16-17-18-20-23-26-32(29-30-36(2)3)34-31-33(34)27-24-21-19-22-25-28-35(37)38-4/h32-34H,5-31H2,1-4H3. The first-order valence-electron chi connectivity index (χ1n) is 17.3. The van der Waals surface area contributed by atoms with E-state index in [0.717, 1.165) is 24.2 Å². The Hall–Kier alpha value is -0.570. The van der Waals surface area contributed by atoms with E-state index >= 15 is 0 Å². The summed E-state index contributed by atoms with van der Waals surface area (Å²) in [5, 5.41) is 0. The third kappa shape index (κ3) is 21.3. The van der Waals surface area contributed by atoms with Gasteiger partial charge < -0.3 is 9.64 Å². The van der Waals surface area contributed by atoms with Crippen molar-refractivity contribution in [2.75, 3.05) is 27.7 Å². The molecule has 3 unspecified atom stereocenters. The van der Waals surface area contributed by atoms with Gasteiger partial charge in [0.15, 0.2) is 0 Å². The SMILES string of the molecule is CCCCCCCCCCCCCCCCCCC(CCN(C)C)C1CC1CCCCCCCC(=O)OC. The summed E-state index contributed by atoms with van der Waals surface area (Å²) < 4.78 is 4.73. The highest BCUT2D eigenvalue weighted by molar-refractivity contribution is 5.68. The van der Waals surface area contributed by atoms with Gasteiger partial charge in [0, 0.05) is 6.42 Å². The Kier molecular flexibility index (Phi) is 23.7. The zero-order valence-corrected chi connectivity index (χ0v) is 26.6. The van der Waals surface area contributed by atoms with Gasteiger partial charge in [-0.25, -0.2) is 0 Å². The molecule has 1 fully saturated rings. The van der Waals surface area contributed by atoms with E-state index in [0.29, 0.717) is 6.42 Å². The summed E-state index contributed by atoms with van der Waals surface area (Å²) in [6.45, 7) is 3.56. The number of ether oxygens (including phenoxy) is 1. The van der Waals surface area contributed by atoms with E-state index in [9.17, 15) is 4.79 Å². The van der Waals surface area contributed by atoms with Gasteiger partial charge in [0.1, 0.15) is 0 Å². The first-order valence-corrected chi connectivity index (χ1v) is 17.3. The highest BCUT2D eigenvalue weighted by Gasteiger charge is 2.41. The molecule has 1 aliphatic carbocycles. The summed E-state index contributed by atoms with van der Waals surface area (Å²) in [7, 11) is 5.95. The molecule has 0 N–H and O–H groups in total. The van der Waals surface area contributed by atoms with Crippen molar-refractivity contribution >= 4 is 5.97 Å². The van der Waals surface area contributed by atoms with Crippen molar-refractivity contribution < 1.29 is 9.53 Å². The summed E-state index contributed by atoms with van der Waals surface area (Å²) in [4.78, 5) is 13.6. The molecule has 3 heteroatoms. The van der Waals surface area contributed by atoms with Crippen LogP contribution in [0.2, 0.25) is 0 Å². The number of carbonyl (C=O) groups is 1. The molecule has 3 atom stereocenters. The molecule has 1 rings (SSSR count). The van der Waals surface area contributed by atoms with Gasteiger partial charge in [-0.3, -0.25) is 4.79 Å². The second kappa shape index (κ2) is 25.4. The minimum atomic E-state index is -0.0565. The molecule has 3 nitrogen and oxygen atoms in total. The molecule has 1 saturated carbocycles. The number of carbonyl (C=O) groups excluding carboxylic acids is 1. The normalized spacial score (nSPS) is 17.7. The zero-order valence-electron chi connectivity index (χ0n) is 26.6. The summed E-state index contributed by atoms with van der Waals surface area (Å²) in [6, 6.07) is 0. The molecule has 0 bridgehead atoms. The van der Waals surface area contributed by atoms with Gasteiger partial charge in [-0.1, -0.05) is 148 Å². The largest absolute Gasteiger partial charge is 0.469 e. The fraction of sp³-hybridized carbons (Fsp3) is 0.971. The van der Waals surface area contributed by atoms with Gasteiger partial charge in [0.05, 0.1) is 7.11 Å². The van der Waals surface area contributed by atoms with Crippen molar-refractivity contribution in [1.82, 2.24) is 4.90 Å². The van der Waals surface area contributed by atoms with Crippen LogP contribution in [0.1, 0.15) is 174 Å². The lowest BCUT2D eigenvalue weighted by Crippen LogP contribution is -2.18. The number of rotatable bonds is 29. The van der Waals surface area contributed by atoms with Crippen LogP contribution in [0.3, 0.4) is 0 Å². The van der Waals surface area contributed by atoms with Crippen LogP contribution in [0.25, 0.3) is 0 Å². The molecule has 0 aromatic heterocycles. The molecule has 0 heterocycles. The number of hydrogen-bond donors (Lipinski definition) is 0. The highest BCUT2D eigenvalue weighted by atomic mass is 16.5. The molecule has 0 amide bonds. The van der Waals surface area contributed by atoms with Gasteiger partial charge >= 0.3 is 5.97 Å². The minimum Gasteiger partial charge on any atom is -0.469 e. The predicted molar refractivity (Wildman–Crippen MR) is 167 cm³/mol. The first-order chi connectivity index (χ1) is 18.6. The van der Waals surface area contributed by atoms with Crippen LogP contribution < -0.4 is 0 Å². The summed E-state index contributed by atoms with van der Waals surface area (Å²) in [5.41, 5.74) is 0. The quantitative estimate of drug-likeness (QED) is 0.0704. The molecule has 1 aliphatic rings. The number of hydrogen-bond acceptors (Lipinski definition) is 3. The fourth-order valence-electron chi connectivity index (χ4n) is 6.44. The molecule has 0 aliphatic heterocycles.